The zero-order valence-corrected chi connectivity index (χ0v) is 22.7. The predicted molar refractivity (Wildman–Crippen MR) is 146 cm³/mol. The lowest BCUT2D eigenvalue weighted by Gasteiger charge is -2.43. The van der Waals surface area contributed by atoms with E-state index in [9.17, 15) is 14.7 Å². The summed E-state index contributed by atoms with van der Waals surface area (Å²) in [6.07, 6.45) is 2.57. The second-order valence-corrected chi connectivity index (χ2v) is 10.8. The Kier molecular flexibility index (Phi) is 9.27. The smallest absolute Gasteiger partial charge is 0.247 e. The van der Waals surface area contributed by atoms with E-state index in [1.165, 1.54) is 0 Å². The van der Waals surface area contributed by atoms with E-state index in [2.05, 4.69) is 27.9 Å². The van der Waals surface area contributed by atoms with E-state index in [1.807, 2.05) is 36.4 Å². The van der Waals surface area contributed by atoms with Gasteiger partial charge in [-0.05, 0) is 71.3 Å². The lowest BCUT2D eigenvalue weighted by Crippen LogP contribution is -2.56. The summed E-state index contributed by atoms with van der Waals surface area (Å²) in [4.78, 5) is 28.2. The molecule has 2 aliphatic carbocycles. The molecule has 0 radical (unpaired) electrons. The molecule has 0 saturated heterocycles. The molecule has 9 heteroatoms. The summed E-state index contributed by atoms with van der Waals surface area (Å²) >= 11 is 8.22. The van der Waals surface area contributed by atoms with Gasteiger partial charge >= 0.3 is 0 Å². The standard InChI is InChI=1S/C27H30ClIN2O5/c28-20-10-8-17(9-11-20)16-31(27(35)18-4-3-5-18)22-14-19(26(34)30-12-13-32)15-24(25(22)33)36-23-7-2-1-6-21(23)29/h1-2,6-11,15,18,22,24-25,32-33H,3-5,12-14,16H2,(H,30,34). The number of carbonyl (C=O) groups is 2. The number of hydrogen-bond donors (Lipinski definition) is 3. The third-order valence-corrected chi connectivity index (χ3v) is 7.86. The van der Waals surface area contributed by atoms with Crippen molar-refractivity contribution in [3.63, 3.8) is 0 Å². The van der Waals surface area contributed by atoms with Crippen molar-refractivity contribution in [1.29, 1.82) is 0 Å². The van der Waals surface area contributed by atoms with Gasteiger partial charge in [-0.25, -0.2) is 0 Å². The summed E-state index contributed by atoms with van der Waals surface area (Å²) in [7, 11) is 0. The maximum Gasteiger partial charge on any atom is 0.247 e. The van der Waals surface area contributed by atoms with Gasteiger partial charge in [0, 0.05) is 36.0 Å². The molecular formula is C27H30ClIN2O5. The molecule has 2 amide bonds. The van der Waals surface area contributed by atoms with E-state index in [1.54, 1.807) is 23.1 Å². The normalized spacial score (nSPS) is 21.8. The SMILES string of the molecule is O=C(NCCO)C1=CC(Oc2ccccc2I)C(O)C(N(Cc2ccc(Cl)cc2)C(=O)C2CCC2)C1. The van der Waals surface area contributed by atoms with Gasteiger partial charge in [0.05, 0.1) is 16.2 Å². The summed E-state index contributed by atoms with van der Waals surface area (Å²) in [6.45, 7) is 0.215. The van der Waals surface area contributed by atoms with E-state index in [-0.39, 0.29) is 43.8 Å². The van der Waals surface area contributed by atoms with Gasteiger partial charge in [0.15, 0.2) is 0 Å². The summed E-state index contributed by atoms with van der Waals surface area (Å²) in [5.74, 6) is 0.130. The first kappa shape index (κ1) is 26.9. The van der Waals surface area contributed by atoms with Crippen LogP contribution in [0.1, 0.15) is 31.2 Å². The zero-order chi connectivity index (χ0) is 25.7. The molecule has 0 bridgehead atoms. The molecule has 192 valence electrons. The predicted octanol–water partition coefficient (Wildman–Crippen LogP) is 3.69. The third-order valence-electron chi connectivity index (χ3n) is 6.72. The number of aliphatic hydroxyl groups excluding tert-OH is 2. The Morgan fingerprint density at radius 3 is 2.50 bits per heavy atom. The van der Waals surface area contributed by atoms with Crippen LogP contribution in [0.15, 0.2) is 60.2 Å². The molecular weight excluding hydrogens is 595 g/mol. The van der Waals surface area contributed by atoms with E-state index >= 15 is 0 Å². The Balaban J connectivity index is 1.67. The molecule has 0 aliphatic heterocycles. The molecule has 2 aromatic rings. The Hall–Kier alpha value is -2.14. The van der Waals surface area contributed by atoms with E-state index in [0.717, 1.165) is 28.4 Å². The number of hydrogen-bond acceptors (Lipinski definition) is 5. The molecule has 0 spiro atoms. The van der Waals surface area contributed by atoms with Crippen molar-refractivity contribution in [2.24, 2.45) is 5.92 Å². The van der Waals surface area contributed by atoms with Crippen LogP contribution >= 0.6 is 34.2 Å². The topological polar surface area (TPSA) is 99.1 Å². The number of halogens is 2. The molecule has 3 atom stereocenters. The van der Waals surface area contributed by atoms with Crippen molar-refractivity contribution < 1.29 is 24.5 Å². The highest BCUT2D eigenvalue weighted by molar-refractivity contribution is 14.1. The highest BCUT2D eigenvalue weighted by atomic mass is 127. The molecule has 2 aromatic carbocycles. The van der Waals surface area contributed by atoms with Crippen LogP contribution in [0.2, 0.25) is 5.02 Å². The number of rotatable bonds is 9. The van der Waals surface area contributed by atoms with Crippen LogP contribution in [-0.2, 0) is 16.1 Å². The Bertz CT molecular complexity index is 1110. The fourth-order valence-corrected chi connectivity index (χ4v) is 5.14. The monoisotopic (exact) mass is 624 g/mol. The van der Waals surface area contributed by atoms with Crippen molar-refractivity contribution >= 4 is 46.0 Å². The Morgan fingerprint density at radius 2 is 1.86 bits per heavy atom. The number of carbonyl (C=O) groups excluding carboxylic acids is 2. The first-order chi connectivity index (χ1) is 17.4. The number of para-hydroxylation sites is 1. The Morgan fingerprint density at radius 1 is 1.14 bits per heavy atom. The van der Waals surface area contributed by atoms with Crippen molar-refractivity contribution in [1.82, 2.24) is 10.2 Å². The minimum atomic E-state index is -1.05. The van der Waals surface area contributed by atoms with Crippen LogP contribution in [0.25, 0.3) is 0 Å². The van der Waals surface area contributed by atoms with Gasteiger partial charge in [-0.3, -0.25) is 9.59 Å². The minimum absolute atomic E-state index is 0.0229. The number of benzene rings is 2. The van der Waals surface area contributed by atoms with Crippen molar-refractivity contribution in [3.8, 4) is 5.75 Å². The van der Waals surface area contributed by atoms with Crippen molar-refractivity contribution in [2.75, 3.05) is 13.2 Å². The van der Waals surface area contributed by atoms with Gasteiger partial charge in [-0.15, -0.1) is 0 Å². The number of ether oxygens (including phenoxy) is 1. The maximum atomic E-state index is 13.6. The van der Waals surface area contributed by atoms with Gasteiger partial charge in [0.2, 0.25) is 11.8 Å². The molecule has 2 aliphatic rings. The van der Waals surface area contributed by atoms with Crippen LogP contribution in [0.5, 0.6) is 5.75 Å². The van der Waals surface area contributed by atoms with Crippen LogP contribution in [0.4, 0.5) is 0 Å². The summed E-state index contributed by atoms with van der Waals surface area (Å²) in [5.41, 5.74) is 1.30. The second-order valence-electron chi connectivity index (χ2n) is 9.17. The van der Waals surface area contributed by atoms with Crippen LogP contribution in [-0.4, -0.2) is 58.3 Å². The zero-order valence-electron chi connectivity index (χ0n) is 19.8. The number of nitrogens with zero attached hydrogens (tertiary/aromatic N) is 1. The molecule has 3 N–H and O–H groups in total. The fraction of sp³-hybridized carbons (Fsp3) is 0.407. The quantitative estimate of drug-likeness (QED) is 0.370. The van der Waals surface area contributed by atoms with Crippen LogP contribution in [0, 0.1) is 9.49 Å². The lowest BCUT2D eigenvalue weighted by molar-refractivity contribution is -0.146. The molecule has 1 fully saturated rings. The number of amides is 2. The van der Waals surface area contributed by atoms with E-state index < -0.39 is 18.2 Å². The van der Waals surface area contributed by atoms with Gasteiger partial charge in [-0.1, -0.05) is 42.3 Å². The first-order valence-corrected chi connectivity index (χ1v) is 13.6. The summed E-state index contributed by atoms with van der Waals surface area (Å²) in [6, 6.07) is 14.1. The highest BCUT2D eigenvalue weighted by Crippen LogP contribution is 2.34. The fourth-order valence-electron chi connectivity index (χ4n) is 4.50. The molecule has 1 saturated carbocycles. The van der Waals surface area contributed by atoms with E-state index in [4.69, 9.17) is 21.4 Å². The molecule has 3 unspecified atom stereocenters. The van der Waals surface area contributed by atoms with Crippen LogP contribution < -0.4 is 10.1 Å². The molecule has 36 heavy (non-hydrogen) atoms. The second kappa shape index (κ2) is 12.4. The minimum Gasteiger partial charge on any atom is -0.482 e. The first-order valence-electron chi connectivity index (χ1n) is 12.1. The van der Waals surface area contributed by atoms with Crippen molar-refractivity contribution in [3.05, 3.63) is 74.3 Å². The lowest BCUT2D eigenvalue weighted by atomic mass is 9.82. The molecule has 7 nitrogen and oxygen atoms in total. The molecule has 0 aromatic heterocycles. The largest absolute Gasteiger partial charge is 0.482 e. The van der Waals surface area contributed by atoms with Gasteiger partial charge in [0.25, 0.3) is 0 Å². The summed E-state index contributed by atoms with van der Waals surface area (Å²) < 4.78 is 7.06. The third kappa shape index (κ3) is 6.40. The number of nitrogens with one attached hydrogen (secondary N) is 1. The average molecular weight is 625 g/mol. The van der Waals surface area contributed by atoms with E-state index in [0.29, 0.717) is 16.3 Å². The van der Waals surface area contributed by atoms with Gasteiger partial charge in [0.1, 0.15) is 18.0 Å². The Labute approximate surface area is 229 Å². The van der Waals surface area contributed by atoms with Gasteiger partial charge in [-0.2, -0.15) is 0 Å². The van der Waals surface area contributed by atoms with Crippen LogP contribution in [0.3, 0.4) is 0 Å². The summed E-state index contributed by atoms with van der Waals surface area (Å²) in [5, 5.41) is 24.0. The molecule has 0 heterocycles. The van der Waals surface area contributed by atoms with Crippen molar-refractivity contribution in [2.45, 2.75) is 50.5 Å². The average Bonchev–Trinajstić information content (AvgIpc) is 2.83. The highest BCUT2D eigenvalue weighted by Gasteiger charge is 2.42. The molecule has 4 rings (SSSR count). The maximum absolute atomic E-state index is 13.6. The van der Waals surface area contributed by atoms with Gasteiger partial charge < -0.3 is 25.2 Å². The number of aliphatic hydroxyl groups is 2.